The first-order valence-electron chi connectivity index (χ1n) is 23.9. The second-order valence-electron chi connectivity index (χ2n) is 18.5. The van der Waals surface area contributed by atoms with Crippen LogP contribution in [0, 0.1) is 17.8 Å². The highest BCUT2D eigenvalue weighted by molar-refractivity contribution is 5.78. The van der Waals surface area contributed by atoms with Gasteiger partial charge < -0.3 is 85.8 Å². The molecule has 0 aromatic heterocycles. The van der Waals surface area contributed by atoms with Crippen molar-refractivity contribution in [3.63, 3.8) is 0 Å². The molecule has 3 aliphatic rings. The minimum atomic E-state index is -2.32. The first-order chi connectivity index (χ1) is 33.1. The van der Waals surface area contributed by atoms with Gasteiger partial charge in [0.05, 0.1) is 87.2 Å². The second kappa shape index (κ2) is 30.2. The minimum Gasteiger partial charge on any atom is -0.469 e. The lowest BCUT2D eigenvalue weighted by Crippen LogP contribution is -2.64. The van der Waals surface area contributed by atoms with Crippen LogP contribution in [-0.4, -0.2) is 180 Å². The number of methoxy groups -OCH3 is 1. The Morgan fingerprint density at radius 3 is 1.87 bits per heavy atom. The Bertz CT molecular complexity index is 1820. The number of esters is 2. The van der Waals surface area contributed by atoms with E-state index in [-0.39, 0.29) is 31.6 Å². The number of allylic oxidation sites excluding steroid dienone is 12. The van der Waals surface area contributed by atoms with Crippen molar-refractivity contribution >= 4 is 17.8 Å². The van der Waals surface area contributed by atoms with Crippen molar-refractivity contribution in [2.45, 2.75) is 177 Å². The van der Waals surface area contributed by atoms with Gasteiger partial charge >= 0.3 is 11.9 Å². The van der Waals surface area contributed by atoms with Gasteiger partial charge in [-0.1, -0.05) is 98.9 Å². The molecule has 0 aliphatic carbocycles. The van der Waals surface area contributed by atoms with Crippen molar-refractivity contribution in [2.24, 2.45) is 23.5 Å². The molecule has 70 heavy (non-hydrogen) atoms. The van der Waals surface area contributed by atoms with Crippen LogP contribution in [-0.2, 0) is 38.1 Å². The van der Waals surface area contributed by atoms with Crippen LogP contribution in [0.2, 0.25) is 0 Å². The number of rotatable bonds is 5. The standard InChI is InChI=1S/C50H78N2O18/c1-29-18-16-14-12-10-8-6-7-9-11-13-15-17-19-36(69-49-47(63)44(52-41(59)28-51)46(62)32(4)68-49)25-40-43(48(64)66-5)39(58)27-50(65,70-40)26-35(55)23-38(57)37(56)21-20-33(53)22-34(54)24-42(60)67-31(3)30(2)45(29)61/h6-19,29-40,43-47,49,53-58,61-63,65H,20-28,51H2,1-5H3,(H,52,59)/t29-,30-,31-,32+,33+,34+,35-,36-,37+,38+,39-,40-,43+,44-,45+,46+,47-,49-,50+/m0/s1. The van der Waals surface area contributed by atoms with Gasteiger partial charge in [-0.3, -0.25) is 14.4 Å². The van der Waals surface area contributed by atoms with E-state index in [1.807, 2.05) is 13.0 Å². The third-order valence-corrected chi connectivity index (χ3v) is 12.7. The third kappa shape index (κ3) is 19.9. The van der Waals surface area contributed by atoms with Gasteiger partial charge in [-0.25, -0.2) is 0 Å². The SMILES string of the molecule is COC(=O)[C@H]1[C@@H]2C[C@@H](O[C@@H]3O[C@H](C)[C@@H](O)[C@H](NC(=O)CN)[C@@H]3O)C=CC=CC=CC=CC=CC=CC=C[C@H](C)[C@@H](O)[C@@H](C)[C@H](C)OC(=O)C[C@H](O)C[C@H](O)CC[C@@H](O)[C@H](O)C[C@H](O)C[C@](O)(C[C@@H]1O)O2. The summed E-state index contributed by atoms with van der Waals surface area (Å²) < 4.78 is 28.6. The number of amides is 1. The van der Waals surface area contributed by atoms with Gasteiger partial charge in [0.1, 0.15) is 24.2 Å². The highest BCUT2D eigenvalue weighted by Crippen LogP contribution is 2.38. The largest absolute Gasteiger partial charge is 0.469 e. The van der Waals surface area contributed by atoms with Crippen molar-refractivity contribution in [3.05, 3.63) is 85.1 Å². The van der Waals surface area contributed by atoms with Crippen LogP contribution in [0.1, 0.15) is 79.1 Å². The monoisotopic (exact) mass is 995 g/mol. The fourth-order valence-corrected chi connectivity index (χ4v) is 8.47. The lowest BCUT2D eigenvalue weighted by atomic mass is 9.82. The number of carbonyl (C=O) groups is 3. The van der Waals surface area contributed by atoms with Crippen molar-refractivity contribution in [1.82, 2.24) is 5.32 Å². The molecule has 0 spiro atoms. The zero-order valence-corrected chi connectivity index (χ0v) is 40.7. The summed E-state index contributed by atoms with van der Waals surface area (Å²) in [5.41, 5.74) is 5.46. The van der Waals surface area contributed by atoms with Crippen LogP contribution in [0.25, 0.3) is 0 Å². The lowest BCUT2D eigenvalue weighted by Gasteiger charge is -2.45. The molecule has 396 valence electrons. The molecule has 0 saturated carbocycles. The summed E-state index contributed by atoms with van der Waals surface area (Å²) >= 11 is 0. The Kier molecular flexibility index (Phi) is 26.0. The number of hydrogen-bond donors (Lipinski definition) is 12. The Balaban J connectivity index is 1.92. The molecule has 0 unspecified atom stereocenters. The zero-order chi connectivity index (χ0) is 52.1. The van der Waals surface area contributed by atoms with Gasteiger partial charge in [-0.05, 0) is 33.1 Å². The van der Waals surface area contributed by atoms with Crippen LogP contribution in [0.15, 0.2) is 85.1 Å². The smallest absolute Gasteiger partial charge is 0.313 e. The number of aliphatic hydroxyl groups is 10. The number of ether oxygens (including phenoxy) is 5. The Morgan fingerprint density at radius 1 is 0.700 bits per heavy atom. The molecular weight excluding hydrogens is 917 g/mol. The average molecular weight is 995 g/mol. The van der Waals surface area contributed by atoms with Crippen molar-refractivity contribution in [2.75, 3.05) is 13.7 Å². The fourth-order valence-electron chi connectivity index (χ4n) is 8.47. The molecule has 20 nitrogen and oxygen atoms in total. The maximum atomic E-state index is 13.2. The number of nitrogens with one attached hydrogen (secondary N) is 1. The van der Waals surface area contributed by atoms with E-state index in [0.717, 1.165) is 7.11 Å². The predicted molar refractivity (Wildman–Crippen MR) is 254 cm³/mol. The number of fused-ring (bicyclic) bond motifs is 2. The highest BCUT2D eigenvalue weighted by atomic mass is 16.7. The summed E-state index contributed by atoms with van der Waals surface area (Å²) in [4.78, 5) is 38.0. The minimum absolute atomic E-state index is 0.112. The van der Waals surface area contributed by atoms with Crippen molar-refractivity contribution in [1.29, 1.82) is 0 Å². The molecule has 3 rings (SSSR count). The molecular formula is C50H78N2O18. The molecule has 3 heterocycles. The second-order valence-corrected chi connectivity index (χ2v) is 18.5. The van der Waals surface area contributed by atoms with E-state index < -0.39 is 159 Å². The van der Waals surface area contributed by atoms with Gasteiger partial charge in [0.15, 0.2) is 12.1 Å². The first kappa shape index (κ1) is 60.3. The van der Waals surface area contributed by atoms with Crippen LogP contribution in [0.5, 0.6) is 0 Å². The number of aliphatic hydroxyl groups excluding tert-OH is 9. The zero-order valence-electron chi connectivity index (χ0n) is 40.7. The van der Waals surface area contributed by atoms with E-state index in [0.29, 0.717) is 0 Å². The van der Waals surface area contributed by atoms with E-state index >= 15 is 0 Å². The van der Waals surface area contributed by atoms with Crippen LogP contribution >= 0.6 is 0 Å². The van der Waals surface area contributed by atoms with Gasteiger partial charge in [0.2, 0.25) is 5.91 Å². The van der Waals surface area contributed by atoms with Crippen LogP contribution < -0.4 is 11.1 Å². The molecule has 2 saturated heterocycles. The Labute approximate surface area is 410 Å². The number of carbonyl (C=O) groups excluding carboxylic acids is 3. The number of nitrogens with two attached hydrogens (primary N) is 1. The summed E-state index contributed by atoms with van der Waals surface area (Å²) in [5.74, 6) is -6.76. The van der Waals surface area contributed by atoms with Crippen LogP contribution in [0.3, 0.4) is 0 Å². The Hall–Kier alpha value is -3.97. The average Bonchev–Trinajstić information content (AvgIpc) is 3.29. The van der Waals surface area contributed by atoms with Crippen molar-refractivity contribution < 1.29 is 89.1 Å². The summed E-state index contributed by atoms with van der Waals surface area (Å²) in [5, 5.41) is 112. The quantitative estimate of drug-likeness (QED) is 0.160. The predicted octanol–water partition coefficient (Wildman–Crippen LogP) is -0.0837. The normalized spacial score (nSPS) is 39.7. The maximum absolute atomic E-state index is 13.2. The van der Waals surface area contributed by atoms with E-state index in [1.54, 1.807) is 86.8 Å². The van der Waals surface area contributed by atoms with Gasteiger partial charge in [0.25, 0.3) is 0 Å². The molecule has 19 atom stereocenters. The molecule has 1 amide bonds. The number of hydrogen-bond acceptors (Lipinski definition) is 19. The summed E-state index contributed by atoms with van der Waals surface area (Å²) in [7, 11) is 1.10. The van der Waals surface area contributed by atoms with E-state index in [1.165, 1.54) is 13.0 Å². The molecule has 3 aliphatic heterocycles. The Morgan fingerprint density at radius 2 is 1.29 bits per heavy atom. The third-order valence-electron chi connectivity index (χ3n) is 12.7. The van der Waals surface area contributed by atoms with E-state index in [4.69, 9.17) is 29.4 Å². The molecule has 13 N–H and O–H groups in total. The molecule has 0 aromatic carbocycles. The van der Waals surface area contributed by atoms with E-state index in [2.05, 4.69) is 5.32 Å². The van der Waals surface area contributed by atoms with Crippen molar-refractivity contribution in [3.8, 4) is 0 Å². The molecule has 0 radical (unpaired) electrons. The fraction of sp³-hybridized carbons (Fsp3) is 0.660. The van der Waals surface area contributed by atoms with E-state index in [9.17, 15) is 65.4 Å². The van der Waals surface area contributed by atoms with Crippen LogP contribution in [0.4, 0.5) is 0 Å². The molecule has 0 aromatic rings. The maximum Gasteiger partial charge on any atom is 0.313 e. The number of cyclic esters (lactones) is 1. The summed E-state index contributed by atoms with van der Waals surface area (Å²) in [6.07, 6.45) is 3.09. The lowest BCUT2D eigenvalue weighted by molar-refractivity contribution is -0.309. The topological polar surface area (TPSA) is 338 Å². The van der Waals surface area contributed by atoms with Gasteiger partial charge in [-0.2, -0.15) is 0 Å². The molecule has 2 bridgehead atoms. The molecule has 20 heteroatoms. The van der Waals surface area contributed by atoms with Gasteiger partial charge in [0, 0.05) is 37.5 Å². The highest BCUT2D eigenvalue weighted by Gasteiger charge is 2.51. The first-order valence-corrected chi connectivity index (χ1v) is 23.9. The van der Waals surface area contributed by atoms with Gasteiger partial charge in [-0.15, -0.1) is 0 Å². The summed E-state index contributed by atoms with van der Waals surface area (Å²) in [6.45, 7) is 6.28. The molecule has 2 fully saturated rings. The summed E-state index contributed by atoms with van der Waals surface area (Å²) in [6, 6.07) is -1.26.